The number of aromatic nitrogens is 3. The summed E-state index contributed by atoms with van der Waals surface area (Å²) in [5.74, 6) is 0.760. The first kappa shape index (κ1) is 14.0. The molecule has 1 aromatic heterocycles. The monoisotopic (exact) mass is 307 g/mol. The van der Waals surface area contributed by atoms with Crippen molar-refractivity contribution < 1.29 is 4.92 Å². The third kappa shape index (κ3) is 3.37. The van der Waals surface area contributed by atoms with Crippen LogP contribution in [0, 0.1) is 10.1 Å². The average molecular weight is 308 g/mol. The lowest BCUT2D eigenvalue weighted by atomic mass is 10.2. The number of nitro groups is 1. The molecule has 0 amide bonds. The van der Waals surface area contributed by atoms with Gasteiger partial charge in [-0.25, -0.2) is 9.67 Å². The molecule has 8 heteroatoms. The number of benzene rings is 1. The molecule has 0 bridgehead atoms. The molecular weight excluding hydrogens is 294 g/mol. The Morgan fingerprint density at radius 1 is 1.48 bits per heavy atom. The maximum absolute atomic E-state index is 11.1. The van der Waals surface area contributed by atoms with E-state index in [0.29, 0.717) is 23.2 Å². The maximum atomic E-state index is 11.1. The largest absolute Gasteiger partial charge is 0.307 e. The molecular formula is C13H14ClN5O2. The van der Waals surface area contributed by atoms with E-state index in [0.717, 1.165) is 5.82 Å². The Labute approximate surface area is 126 Å². The Balaban J connectivity index is 1.81. The predicted molar refractivity (Wildman–Crippen MR) is 77.1 cm³/mol. The number of nitro benzene ring substituents is 1. The average Bonchev–Trinajstić information content (AvgIpc) is 3.17. The van der Waals surface area contributed by atoms with Gasteiger partial charge in [-0.15, -0.1) is 0 Å². The molecule has 1 fully saturated rings. The molecule has 3 rings (SSSR count). The Bertz CT molecular complexity index is 668. The first-order chi connectivity index (χ1) is 10.1. The van der Waals surface area contributed by atoms with Gasteiger partial charge in [0.25, 0.3) is 5.69 Å². The highest BCUT2D eigenvalue weighted by Gasteiger charge is 2.21. The molecule has 1 heterocycles. The highest BCUT2D eigenvalue weighted by atomic mass is 35.5. The Hall–Kier alpha value is -1.99. The topological polar surface area (TPSA) is 85.9 Å². The van der Waals surface area contributed by atoms with Gasteiger partial charge in [-0.05, 0) is 25.0 Å². The van der Waals surface area contributed by atoms with Crippen LogP contribution < -0.4 is 5.32 Å². The fourth-order valence-electron chi connectivity index (χ4n) is 2.10. The van der Waals surface area contributed by atoms with Gasteiger partial charge in [0.2, 0.25) is 0 Å². The van der Waals surface area contributed by atoms with Gasteiger partial charge in [-0.2, -0.15) is 5.10 Å². The zero-order valence-corrected chi connectivity index (χ0v) is 12.0. The Morgan fingerprint density at radius 2 is 2.29 bits per heavy atom. The van der Waals surface area contributed by atoms with Crippen molar-refractivity contribution >= 4 is 17.3 Å². The fourth-order valence-corrected chi connectivity index (χ4v) is 2.30. The van der Waals surface area contributed by atoms with E-state index in [1.165, 1.54) is 31.3 Å². The van der Waals surface area contributed by atoms with Gasteiger partial charge in [0, 0.05) is 17.1 Å². The minimum absolute atomic E-state index is 0.0380. The number of nitrogens with zero attached hydrogens (tertiary/aromatic N) is 4. The molecule has 1 saturated carbocycles. The molecule has 1 aliphatic rings. The van der Waals surface area contributed by atoms with E-state index >= 15 is 0 Å². The minimum atomic E-state index is -0.412. The molecule has 0 unspecified atom stereocenters. The lowest BCUT2D eigenvalue weighted by molar-refractivity contribution is -0.385. The molecule has 0 spiro atoms. The van der Waals surface area contributed by atoms with Crippen LogP contribution >= 0.6 is 11.6 Å². The van der Waals surface area contributed by atoms with Crippen molar-refractivity contribution in [2.75, 3.05) is 0 Å². The second kappa shape index (κ2) is 5.79. The zero-order chi connectivity index (χ0) is 14.8. The summed E-state index contributed by atoms with van der Waals surface area (Å²) in [5, 5.41) is 19.0. The summed E-state index contributed by atoms with van der Waals surface area (Å²) in [4.78, 5) is 14.9. The van der Waals surface area contributed by atoms with Crippen LogP contribution in [0.25, 0.3) is 0 Å². The summed E-state index contributed by atoms with van der Waals surface area (Å²) >= 11 is 5.93. The van der Waals surface area contributed by atoms with E-state index in [1.807, 2.05) is 0 Å². The number of hydrogen-bond acceptors (Lipinski definition) is 5. The van der Waals surface area contributed by atoms with Crippen LogP contribution in [0.2, 0.25) is 5.02 Å². The molecule has 7 nitrogen and oxygen atoms in total. The zero-order valence-electron chi connectivity index (χ0n) is 11.2. The molecule has 0 radical (unpaired) electrons. The van der Waals surface area contributed by atoms with E-state index in [4.69, 9.17) is 11.6 Å². The SMILES string of the molecule is O=[N+]([O-])c1ccc(Cl)cc1Cn1ncnc1CNC1CC1. The maximum Gasteiger partial charge on any atom is 0.274 e. The molecule has 2 aromatic rings. The third-order valence-electron chi connectivity index (χ3n) is 3.38. The van der Waals surface area contributed by atoms with Gasteiger partial charge in [-0.3, -0.25) is 10.1 Å². The predicted octanol–water partition coefficient (Wildman–Crippen LogP) is 2.14. The van der Waals surface area contributed by atoms with Gasteiger partial charge >= 0.3 is 0 Å². The number of nitrogens with one attached hydrogen (secondary N) is 1. The second-order valence-electron chi connectivity index (χ2n) is 5.02. The molecule has 1 aliphatic carbocycles. The van der Waals surface area contributed by atoms with Crippen LogP contribution in [0.3, 0.4) is 0 Å². The molecule has 21 heavy (non-hydrogen) atoms. The molecule has 1 aromatic carbocycles. The van der Waals surface area contributed by atoms with Crippen molar-refractivity contribution in [3.63, 3.8) is 0 Å². The van der Waals surface area contributed by atoms with Crippen LogP contribution in [0.1, 0.15) is 24.2 Å². The van der Waals surface area contributed by atoms with Gasteiger partial charge in [-0.1, -0.05) is 11.6 Å². The fraction of sp³-hybridized carbons (Fsp3) is 0.385. The summed E-state index contributed by atoms with van der Waals surface area (Å²) in [6, 6.07) is 5.09. The van der Waals surface area contributed by atoms with E-state index < -0.39 is 4.92 Å². The smallest absolute Gasteiger partial charge is 0.274 e. The summed E-state index contributed by atoms with van der Waals surface area (Å²) < 4.78 is 1.66. The first-order valence-corrected chi connectivity index (χ1v) is 7.04. The van der Waals surface area contributed by atoms with Crippen molar-refractivity contribution in [2.24, 2.45) is 0 Å². The van der Waals surface area contributed by atoms with Crippen LogP contribution in [0.4, 0.5) is 5.69 Å². The van der Waals surface area contributed by atoms with Crippen molar-refractivity contribution in [3.8, 4) is 0 Å². The van der Waals surface area contributed by atoms with E-state index in [2.05, 4.69) is 15.4 Å². The minimum Gasteiger partial charge on any atom is -0.307 e. The summed E-state index contributed by atoms with van der Waals surface area (Å²) in [5.41, 5.74) is 0.557. The first-order valence-electron chi connectivity index (χ1n) is 6.66. The Kier molecular flexibility index (Phi) is 3.85. The van der Waals surface area contributed by atoms with Gasteiger partial charge in [0.15, 0.2) is 0 Å². The molecule has 0 atom stereocenters. The van der Waals surface area contributed by atoms with Crippen molar-refractivity contribution in [2.45, 2.75) is 32.0 Å². The summed E-state index contributed by atoms with van der Waals surface area (Å²) in [6.07, 6.45) is 3.84. The van der Waals surface area contributed by atoms with Gasteiger partial charge in [0.05, 0.1) is 23.6 Å². The number of rotatable bonds is 6. The highest BCUT2D eigenvalue weighted by molar-refractivity contribution is 6.30. The van der Waals surface area contributed by atoms with E-state index in [9.17, 15) is 10.1 Å². The Morgan fingerprint density at radius 3 is 3.00 bits per heavy atom. The van der Waals surface area contributed by atoms with Gasteiger partial charge in [0.1, 0.15) is 12.2 Å². The highest BCUT2D eigenvalue weighted by Crippen LogP contribution is 2.24. The number of halogens is 1. The second-order valence-corrected chi connectivity index (χ2v) is 5.46. The van der Waals surface area contributed by atoms with Crippen molar-refractivity contribution in [3.05, 3.63) is 51.1 Å². The third-order valence-corrected chi connectivity index (χ3v) is 3.62. The van der Waals surface area contributed by atoms with Crippen LogP contribution in [0.15, 0.2) is 24.5 Å². The lowest BCUT2D eigenvalue weighted by Gasteiger charge is -2.08. The van der Waals surface area contributed by atoms with Crippen molar-refractivity contribution in [1.82, 2.24) is 20.1 Å². The summed E-state index contributed by atoms with van der Waals surface area (Å²) in [7, 11) is 0. The van der Waals surface area contributed by atoms with Gasteiger partial charge < -0.3 is 5.32 Å². The molecule has 0 aliphatic heterocycles. The summed E-state index contributed by atoms with van der Waals surface area (Å²) in [6.45, 7) is 0.886. The van der Waals surface area contributed by atoms with Crippen LogP contribution in [-0.4, -0.2) is 25.7 Å². The van der Waals surface area contributed by atoms with E-state index in [-0.39, 0.29) is 12.2 Å². The molecule has 110 valence electrons. The molecule has 0 saturated heterocycles. The number of hydrogen-bond donors (Lipinski definition) is 1. The quantitative estimate of drug-likeness (QED) is 0.652. The van der Waals surface area contributed by atoms with Crippen LogP contribution in [0.5, 0.6) is 0 Å². The van der Waals surface area contributed by atoms with E-state index in [1.54, 1.807) is 10.7 Å². The normalized spacial score (nSPS) is 14.3. The molecule has 1 N–H and O–H groups in total. The standard InChI is InChI=1S/C13H14ClN5O2/c14-10-1-4-12(19(20)21)9(5-10)7-18-13(16-8-17-18)6-15-11-2-3-11/h1,4-5,8,11,15H,2-3,6-7H2. The van der Waals surface area contributed by atoms with Crippen LogP contribution in [-0.2, 0) is 13.1 Å². The lowest BCUT2D eigenvalue weighted by Crippen LogP contribution is -2.20. The van der Waals surface area contributed by atoms with Crippen molar-refractivity contribution in [1.29, 1.82) is 0 Å².